The molecular formula is C23H24N2O8S. The number of rotatable bonds is 8. The fourth-order valence-corrected chi connectivity index (χ4v) is 5.00. The van der Waals surface area contributed by atoms with E-state index in [0.29, 0.717) is 35.8 Å². The van der Waals surface area contributed by atoms with Gasteiger partial charge in [-0.1, -0.05) is 26.0 Å². The van der Waals surface area contributed by atoms with Gasteiger partial charge in [0.2, 0.25) is 10.0 Å². The zero-order valence-corrected chi connectivity index (χ0v) is 19.5. The fraction of sp³-hybridized carbons (Fsp3) is 0.348. The van der Waals surface area contributed by atoms with Crippen LogP contribution in [0.2, 0.25) is 0 Å². The van der Waals surface area contributed by atoms with Crippen LogP contribution in [0.25, 0.3) is 0 Å². The van der Waals surface area contributed by atoms with Crippen LogP contribution in [0.5, 0.6) is 11.5 Å². The molecule has 4 rings (SSSR count). The van der Waals surface area contributed by atoms with Crippen LogP contribution in [0.3, 0.4) is 0 Å². The van der Waals surface area contributed by atoms with Crippen LogP contribution in [0, 0.1) is 5.92 Å². The Balaban J connectivity index is 1.39. The Hall–Kier alpha value is -3.44. The molecule has 0 aliphatic carbocycles. The van der Waals surface area contributed by atoms with Crippen molar-refractivity contribution in [3.8, 4) is 11.5 Å². The zero-order valence-electron chi connectivity index (χ0n) is 18.6. The normalized spacial score (nSPS) is 15.9. The van der Waals surface area contributed by atoms with Gasteiger partial charge in [0.05, 0.1) is 22.6 Å². The van der Waals surface area contributed by atoms with Crippen molar-refractivity contribution in [2.45, 2.75) is 24.8 Å². The average molecular weight is 489 g/mol. The minimum absolute atomic E-state index is 0.0822. The first kappa shape index (κ1) is 23.7. The lowest BCUT2D eigenvalue weighted by Crippen LogP contribution is -2.46. The number of imide groups is 1. The van der Waals surface area contributed by atoms with E-state index >= 15 is 0 Å². The second-order valence-electron chi connectivity index (χ2n) is 8.12. The van der Waals surface area contributed by atoms with Crippen LogP contribution < -0.4 is 14.2 Å². The number of fused-ring (bicyclic) bond motifs is 2. The number of hydrogen-bond acceptors (Lipinski definition) is 8. The van der Waals surface area contributed by atoms with E-state index in [4.69, 9.17) is 14.2 Å². The molecule has 0 aromatic heterocycles. The molecular weight excluding hydrogens is 464 g/mol. The number of esters is 1. The summed E-state index contributed by atoms with van der Waals surface area (Å²) >= 11 is 0. The molecule has 11 heteroatoms. The minimum Gasteiger partial charge on any atom is -0.486 e. The number of hydrogen-bond donors (Lipinski definition) is 1. The maximum atomic E-state index is 12.9. The topological polar surface area (TPSA) is 128 Å². The van der Waals surface area contributed by atoms with Crippen molar-refractivity contribution in [3.63, 3.8) is 0 Å². The Morgan fingerprint density at radius 2 is 1.65 bits per heavy atom. The fourth-order valence-electron chi connectivity index (χ4n) is 3.65. The molecule has 34 heavy (non-hydrogen) atoms. The summed E-state index contributed by atoms with van der Waals surface area (Å²) in [5.74, 6) is -1.42. The molecule has 0 unspecified atom stereocenters. The highest BCUT2D eigenvalue weighted by molar-refractivity contribution is 7.89. The first-order valence-electron chi connectivity index (χ1n) is 10.7. The molecule has 0 saturated heterocycles. The lowest BCUT2D eigenvalue weighted by molar-refractivity contribution is -0.147. The molecule has 2 amide bonds. The van der Waals surface area contributed by atoms with Crippen molar-refractivity contribution in [1.82, 2.24) is 9.62 Å². The Labute approximate surface area is 196 Å². The van der Waals surface area contributed by atoms with Gasteiger partial charge in [-0.3, -0.25) is 19.3 Å². The van der Waals surface area contributed by atoms with Gasteiger partial charge in [-0.05, 0) is 30.2 Å². The van der Waals surface area contributed by atoms with Gasteiger partial charge >= 0.3 is 5.97 Å². The van der Waals surface area contributed by atoms with E-state index in [1.54, 1.807) is 38.1 Å². The van der Waals surface area contributed by atoms with Crippen molar-refractivity contribution >= 4 is 27.8 Å². The summed E-state index contributed by atoms with van der Waals surface area (Å²) in [6.07, 6.45) is 0. The van der Waals surface area contributed by atoms with Crippen molar-refractivity contribution in [2.75, 3.05) is 26.4 Å². The van der Waals surface area contributed by atoms with Gasteiger partial charge in [0.15, 0.2) is 11.5 Å². The standard InChI is InChI=1S/C23H24N2O8S/c1-14(2)20(24-34(29,30)15-7-8-18-19(13-15)32-12-11-31-18)23(28)33-10-9-25-21(26)16-5-3-4-6-17(16)22(25)27/h3-8,13-14,20,24H,9-12H2,1-2H3/t20-/m1/s1. The van der Waals surface area contributed by atoms with E-state index in [0.717, 1.165) is 4.90 Å². The predicted octanol–water partition coefficient (Wildman–Crippen LogP) is 1.60. The van der Waals surface area contributed by atoms with Gasteiger partial charge in [0, 0.05) is 6.07 Å². The molecule has 0 saturated carbocycles. The Kier molecular flexibility index (Phi) is 6.58. The first-order chi connectivity index (χ1) is 16.2. The summed E-state index contributed by atoms with van der Waals surface area (Å²) in [6, 6.07) is 9.45. The van der Waals surface area contributed by atoms with Gasteiger partial charge in [-0.15, -0.1) is 0 Å². The number of amides is 2. The second-order valence-corrected chi connectivity index (χ2v) is 9.84. The van der Waals surface area contributed by atoms with Crippen LogP contribution >= 0.6 is 0 Å². The number of nitrogens with zero attached hydrogens (tertiary/aromatic N) is 1. The number of ether oxygens (including phenoxy) is 3. The molecule has 10 nitrogen and oxygen atoms in total. The first-order valence-corrected chi connectivity index (χ1v) is 12.2. The molecule has 0 radical (unpaired) electrons. The Bertz CT molecular complexity index is 1210. The smallest absolute Gasteiger partial charge is 0.324 e. The molecule has 2 aliphatic heterocycles. The number of carbonyl (C=O) groups is 3. The third-order valence-corrected chi connectivity index (χ3v) is 6.90. The van der Waals surface area contributed by atoms with E-state index in [9.17, 15) is 22.8 Å². The second kappa shape index (κ2) is 9.43. The maximum absolute atomic E-state index is 12.9. The summed E-state index contributed by atoms with van der Waals surface area (Å²) in [5, 5.41) is 0. The molecule has 2 heterocycles. The SMILES string of the molecule is CC(C)[C@@H](NS(=O)(=O)c1ccc2c(c1)OCCO2)C(=O)OCCN1C(=O)c2ccccc2C1=O. The lowest BCUT2D eigenvalue weighted by atomic mass is 10.1. The molecule has 1 N–H and O–H groups in total. The van der Waals surface area contributed by atoms with Crippen LogP contribution in [0.15, 0.2) is 47.4 Å². The van der Waals surface area contributed by atoms with Crippen LogP contribution in [0.1, 0.15) is 34.6 Å². The zero-order chi connectivity index (χ0) is 24.5. The highest BCUT2D eigenvalue weighted by atomic mass is 32.2. The highest BCUT2D eigenvalue weighted by Crippen LogP contribution is 2.32. The summed E-state index contributed by atoms with van der Waals surface area (Å²) < 4.78 is 44.3. The molecule has 0 bridgehead atoms. The van der Waals surface area contributed by atoms with Crippen LogP contribution in [-0.2, 0) is 19.6 Å². The lowest BCUT2D eigenvalue weighted by Gasteiger charge is -2.22. The summed E-state index contributed by atoms with van der Waals surface area (Å²) in [7, 11) is -4.08. The third-order valence-electron chi connectivity index (χ3n) is 5.46. The summed E-state index contributed by atoms with van der Waals surface area (Å²) in [4.78, 5) is 38.5. The van der Waals surface area contributed by atoms with Crippen molar-refractivity contribution in [1.29, 1.82) is 0 Å². The largest absolute Gasteiger partial charge is 0.486 e. The van der Waals surface area contributed by atoms with E-state index < -0.39 is 39.8 Å². The highest BCUT2D eigenvalue weighted by Gasteiger charge is 2.35. The number of carbonyl (C=O) groups excluding carboxylic acids is 3. The Morgan fingerprint density at radius 1 is 1.03 bits per heavy atom. The van der Waals surface area contributed by atoms with Crippen molar-refractivity contribution < 1.29 is 37.0 Å². The molecule has 2 aliphatic rings. The van der Waals surface area contributed by atoms with Gasteiger partial charge in [-0.25, -0.2) is 8.42 Å². The Morgan fingerprint density at radius 3 is 2.26 bits per heavy atom. The van der Waals surface area contributed by atoms with E-state index in [1.807, 2.05) is 0 Å². The minimum atomic E-state index is -4.08. The van der Waals surface area contributed by atoms with Gasteiger partial charge in [0.1, 0.15) is 25.9 Å². The molecule has 0 fully saturated rings. The van der Waals surface area contributed by atoms with Gasteiger partial charge in [0.25, 0.3) is 11.8 Å². The summed E-state index contributed by atoms with van der Waals surface area (Å²) in [5.41, 5.74) is 0.595. The van der Waals surface area contributed by atoms with Crippen molar-refractivity contribution in [2.24, 2.45) is 5.92 Å². The predicted molar refractivity (Wildman–Crippen MR) is 119 cm³/mol. The van der Waals surface area contributed by atoms with Crippen molar-refractivity contribution in [3.05, 3.63) is 53.6 Å². The van der Waals surface area contributed by atoms with Crippen LogP contribution in [0.4, 0.5) is 0 Å². The number of benzene rings is 2. The van der Waals surface area contributed by atoms with Gasteiger partial charge < -0.3 is 14.2 Å². The van der Waals surface area contributed by atoms with E-state index in [2.05, 4.69) is 4.72 Å². The molecule has 0 spiro atoms. The molecule has 2 aromatic carbocycles. The molecule has 2 aromatic rings. The maximum Gasteiger partial charge on any atom is 0.324 e. The van der Waals surface area contributed by atoms with E-state index in [-0.39, 0.29) is 18.0 Å². The number of nitrogens with one attached hydrogen (secondary N) is 1. The summed E-state index contributed by atoms with van der Waals surface area (Å²) in [6.45, 7) is 3.61. The third kappa shape index (κ3) is 4.62. The number of sulfonamides is 1. The van der Waals surface area contributed by atoms with Gasteiger partial charge in [-0.2, -0.15) is 4.72 Å². The molecule has 180 valence electrons. The monoisotopic (exact) mass is 488 g/mol. The van der Waals surface area contributed by atoms with E-state index in [1.165, 1.54) is 18.2 Å². The molecule has 1 atom stereocenters. The quantitative estimate of drug-likeness (QED) is 0.438. The van der Waals surface area contributed by atoms with Crippen LogP contribution in [-0.4, -0.2) is 63.5 Å². The average Bonchev–Trinajstić information content (AvgIpc) is 3.07.